The highest BCUT2D eigenvalue weighted by Gasteiger charge is 2.17. The monoisotopic (exact) mass is 230 g/mol. The van der Waals surface area contributed by atoms with Crippen molar-refractivity contribution in [2.75, 3.05) is 6.54 Å². The van der Waals surface area contributed by atoms with Gasteiger partial charge >= 0.3 is 5.97 Å². The number of aliphatic carboxylic acids is 1. The number of hydrogen-bond acceptors (Lipinski definition) is 3. The number of hydrogen-bond donors (Lipinski definition) is 5. The van der Waals surface area contributed by atoms with Gasteiger partial charge < -0.3 is 21.5 Å². The van der Waals surface area contributed by atoms with Crippen LogP contribution in [-0.2, 0) is 4.79 Å². The van der Waals surface area contributed by atoms with Gasteiger partial charge in [-0.25, -0.2) is 0 Å². The zero-order valence-corrected chi connectivity index (χ0v) is 9.92. The molecule has 0 saturated carbocycles. The standard InChI is InChI=1S/C10H22N4O2/c1-3-7(2)14-8(9(15)16)5-4-6-13-10(11)12/h7-8,14H,3-6H2,1-2H3,(H,15,16)(H4,11,12,13)/t7?,8-/m0/s1. The molecule has 0 spiro atoms. The second kappa shape index (κ2) is 7.92. The van der Waals surface area contributed by atoms with Gasteiger partial charge in [0.05, 0.1) is 0 Å². The Morgan fingerprint density at radius 3 is 2.62 bits per heavy atom. The molecule has 0 fully saturated rings. The zero-order chi connectivity index (χ0) is 12.6. The molecule has 0 saturated heterocycles. The van der Waals surface area contributed by atoms with Crippen LogP contribution in [0.4, 0.5) is 0 Å². The molecule has 0 bridgehead atoms. The Kier molecular flexibility index (Phi) is 7.28. The maximum atomic E-state index is 10.9. The van der Waals surface area contributed by atoms with Gasteiger partial charge in [0.2, 0.25) is 0 Å². The van der Waals surface area contributed by atoms with Crippen LogP contribution in [0.2, 0.25) is 0 Å². The molecule has 2 atom stereocenters. The van der Waals surface area contributed by atoms with Gasteiger partial charge in [-0.3, -0.25) is 10.2 Å². The summed E-state index contributed by atoms with van der Waals surface area (Å²) in [5.41, 5.74) is 5.11. The average molecular weight is 230 g/mol. The van der Waals surface area contributed by atoms with Crippen molar-refractivity contribution in [2.45, 2.75) is 45.2 Å². The number of nitrogens with one attached hydrogen (secondary N) is 3. The third-order valence-corrected chi connectivity index (χ3v) is 2.38. The molecule has 0 aromatic heterocycles. The molecule has 0 aliphatic heterocycles. The van der Waals surface area contributed by atoms with Crippen molar-refractivity contribution in [3.8, 4) is 0 Å². The van der Waals surface area contributed by atoms with E-state index in [-0.39, 0.29) is 12.0 Å². The molecule has 0 aliphatic carbocycles. The van der Waals surface area contributed by atoms with Crippen LogP contribution in [0.15, 0.2) is 0 Å². The van der Waals surface area contributed by atoms with Crippen LogP contribution in [0, 0.1) is 5.41 Å². The summed E-state index contributed by atoms with van der Waals surface area (Å²) >= 11 is 0. The van der Waals surface area contributed by atoms with Crippen LogP contribution in [-0.4, -0.2) is 35.7 Å². The smallest absolute Gasteiger partial charge is 0.320 e. The van der Waals surface area contributed by atoms with Crippen molar-refractivity contribution in [3.05, 3.63) is 0 Å². The lowest BCUT2D eigenvalue weighted by atomic mass is 10.1. The number of carbonyl (C=O) groups is 1. The van der Waals surface area contributed by atoms with E-state index < -0.39 is 12.0 Å². The Balaban J connectivity index is 3.86. The topological polar surface area (TPSA) is 111 Å². The van der Waals surface area contributed by atoms with Gasteiger partial charge in [-0.1, -0.05) is 6.92 Å². The van der Waals surface area contributed by atoms with Crippen LogP contribution in [0.25, 0.3) is 0 Å². The second-order valence-electron chi connectivity index (χ2n) is 3.85. The first-order chi connectivity index (χ1) is 7.47. The van der Waals surface area contributed by atoms with Gasteiger partial charge in [-0.2, -0.15) is 0 Å². The maximum Gasteiger partial charge on any atom is 0.320 e. The molecule has 6 nitrogen and oxygen atoms in total. The molecule has 0 radical (unpaired) electrons. The average Bonchev–Trinajstić information content (AvgIpc) is 2.21. The van der Waals surface area contributed by atoms with Crippen LogP contribution in [0.5, 0.6) is 0 Å². The molecular formula is C10H22N4O2. The lowest BCUT2D eigenvalue weighted by Gasteiger charge is -2.19. The molecule has 0 rings (SSSR count). The summed E-state index contributed by atoms with van der Waals surface area (Å²) in [6, 6.07) is -0.328. The Labute approximate surface area is 96.1 Å². The summed E-state index contributed by atoms with van der Waals surface area (Å²) in [6.45, 7) is 4.50. The van der Waals surface area contributed by atoms with Crippen molar-refractivity contribution in [2.24, 2.45) is 5.73 Å². The fourth-order valence-corrected chi connectivity index (χ4v) is 1.27. The van der Waals surface area contributed by atoms with Gasteiger partial charge in [0.1, 0.15) is 6.04 Å². The Hall–Kier alpha value is -1.30. The molecule has 0 heterocycles. The molecule has 1 unspecified atom stereocenters. The normalized spacial score (nSPS) is 14.1. The summed E-state index contributed by atoms with van der Waals surface area (Å²) in [6.07, 6.45) is 2.09. The quantitative estimate of drug-likeness (QED) is 0.230. The van der Waals surface area contributed by atoms with Crippen molar-refractivity contribution >= 4 is 11.9 Å². The summed E-state index contributed by atoms with van der Waals surface area (Å²) in [5, 5.41) is 21.6. The summed E-state index contributed by atoms with van der Waals surface area (Å²) in [4.78, 5) is 10.9. The highest BCUT2D eigenvalue weighted by molar-refractivity contribution is 5.74. The number of carboxylic acids is 1. The molecule has 6 heteroatoms. The van der Waals surface area contributed by atoms with Gasteiger partial charge in [-0.15, -0.1) is 0 Å². The lowest BCUT2D eigenvalue weighted by molar-refractivity contribution is -0.139. The molecule has 0 aromatic carbocycles. The maximum absolute atomic E-state index is 10.9. The number of guanidine groups is 1. The highest BCUT2D eigenvalue weighted by Crippen LogP contribution is 2.00. The van der Waals surface area contributed by atoms with E-state index in [0.29, 0.717) is 19.4 Å². The number of rotatable bonds is 8. The van der Waals surface area contributed by atoms with Crippen molar-refractivity contribution in [1.29, 1.82) is 5.41 Å². The Morgan fingerprint density at radius 2 is 2.19 bits per heavy atom. The van der Waals surface area contributed by atoms with E-state index in [4.69, 9.17) is 16.2 Å². The molecule has 6 N–H and O–H groups in total. The first-order valence-electron chi connectivity index (χ1n) is 5.54. The molecule has 16 heavy (non-hydrogen) atoms. The zero-order valence-electron chi connectivity index (χ0n) is 9.92. The van der Waals surface area contributed by atoms with Crippen LogP contribution >= 0.6 is 0 Å². The Morgan fingerprint density at radius 1 is 1.56 bits per heavy atom. The van der Waals surface area contributed by atoms with Gasteiger partial charge in [0.25, 0.3) is 0 Å². The minimum atomic E-state index is -0.830. The van der Waals surface area contributed by atoms with Gasteiger partial charge in [-0.05, 0) is 26.2 Å². The fourth-order valence-electron chi connectivity index (χ4n) is 1.27. The number of nitrogens with two attached hydrogens (primary N) is 1. The lowest BCUT2D eigenvalue weighted by Crippen LogP contribution is -2.42. The second-order valence-corrected chi connectivity index (χ2v) is 3.85. The summed E-state index contributed by atoms with van der Waals surface area (Å²) in [5.74, 6) is -0.912. The van der Waals surface area contributed by atoms with Crippen LogP contribution in [0.1, 0.15) is 33.1 Å². The Bertz CT molecular complexity index is 233. The van der Waals surface area contributed by atoms with E-state index in [1.807, 2.05) is 13.8 Å². The first-order valence-corrected chi connectivity index (χ1v) is 5.54. The number of carboxylic acid groups (broad SMARTS) is 1. The third-order valence-electron chi connectivity index (χ3n) is 2.38. The largest absolute Gasteiger partial charge is 0.480 e. The van der Waals surface area contributed by atoms with Crippen molar-refractivity contribution in [1.82, 2.24) is 10.6 Å². The molecule has 0 aromatic rings. The predicted octanol–water partition coefficient (Wildman–Crippen LogP) is 0.0910. The molecule has 0 amide bonds. The summed E-state index contributed by atoms with van der Waals surface area (Å²) < 4.78 is 0. The molecule has 94 valence electrons. The van der Waals surface area contributed by atoms with Crippen molar-refractivity contribution in [3.63, 3.8) is 0 Å². The van der Waals surface area contributed by atoms with E-state index in [1.54, 1.807) is 0 Å². The predicted molar refractivity (Wildman–Crippen MR) is 63.5 cm³/mol. The highest BCUT2D eigenvalue weighted by atomic mass is 16.4. The van der Waals surface area contributed by atoms with E-state index >= 15 is 0 Å². The third kappa shape index (κ3) is 7.05. The van der Waals surface area contributed by atoms with E-state index in [2.05, 4.69) is 10.6 Å². The fraction of sp³-hybridized carbons (Fsp3) is 0.800. The molecule has 0 aliphatic rings. The molecular weight excluding hydrogens is 208 g/mol. The van der Waals surface area contributed by atoms with E-state index in [9.17, 15) is 4.79 Å². The van der Waals surface area contributed by atoms with Gasteiger partial charge in [0.15, 0.2) is 5.96 Å². The van der Waals surface area contributed by atoms with Crippen LogP contribution < -0.4 is 16.4 Å². The first kappa shape index (κ1) is 14.7. The van der Waals surface area contributed by atoms with Crippen molar-refractivity contribution < 1.29 is 9.90 Å². The minimum Gasteiger partial charge on any atom is -0.480 e. The summed E-state index contributed by atoms with van der Waals surface area (Å²) in [7, 11) is 0. The van der Waals surface area contributed by atoms with E-state index in [0.717, 1.165) is 6.42 Å². The minimum absolute atomic E-state index is 0.0817. The van der Waals surface area contributed by atoms with Gasteiger partial charge in [0, 0.05) is 12.6 Å². The van der Waals surface area contributed by atoms with E-state index in [1.165, 1.54) is 0 Å². The van der Waals surface area contributed by atoms with Crippen LogP contribution in [0.3, 0.4) is 0 Å². The SMILES string of the molecule is CCC(C)N[C@@H](CCCNC(=N)N)C(=O)O.